The number of nitrogens with zero attached hydrogens (tertiary/aromatic N) is 1. The molecule has 0 aliphatic carbocycles. The van der Waals surface area contributed by atoms with E-state index in [0.717, 1.165) is 12.1 Å². The smallest absolute Gasteiger partial charge is 0.477 e. The molecule has 2 N–H and O–H groups in total. The Morgan fingerprint density at radius 3 is 2.38 bits per heavy atom. The highest BCUT2D eigenvalue weighted by atomic mass is 19.4. The van der Waals surface area contributed by atoms with E-state index in [-0.39, 0.29) is 11.4 Å². The van der Waals surface area contributed by atoms with E-state index >= 15 is 0 Å². The molecular weight excluding hydrogens is 325 g/mol. The van der Waals surface area contributed by atoms with Gasteiger partial charge in [0.1, 0.15) is 11.4 Å². The third-order valence-electron chi connectivity index (χ3n) is 3.27. The summed E-state index contributed by atoms with van der Waals surface area (Å²) in [5.41, 5.74) is 4.48. The molecule has 1 heterocycles. The minimum Gasteiger partial charge on any atom is -0.477 e. The molecule has 0 saturated heterocycles. The minimum absolute atomic E-state index is 0.0516. The highest BCUT2D eigenvalue weighted by molar-refractivity contribution is 5.95. The number of para-hydroxylation sites is 1. The summed E-state index contributed by atoms with van der Waals surface area (Å²) in [4.78, 5) is 11.2. The number of halogens is 3. The Bertz CT molecular complexity index is 801. The van der Waals surface area contributed by atoms with Gasteiger partial charge in [-0.25, -0.2) is 4.79 Å². The van der Waals surface area contributed by atoms with Crippen molar-refractivity contribution in [3.63, 3.8) is 0 Å². The van der Waals surface area contributed by atoms with Crippen LogP contribution in [0.15, 0.2) is 54.2 Å². The highest BCUT2D eigenvalue weighted by Gasteiger charge is 2.31. The van der Waals surface area contributed by atoms with Crippen molar-refractivity contribution in [3.8, 4) is 5.75 Å². The molecule has 1 aliphatic heterocycles. The van der Waals surface area contributed by atoms with Crippen LogP contribution in [0, 0.1) is 0 Å². The average Bonchev–Trinajstić information content (AvgIpc) is 2.53. The Labute approximate surface area is 134 Å². The molecule has 0 atom stereocenters. The molecule has 3 rings (SSSR count). The summed E-state index contributed by atoms with van der Waals surface area (Å²) in [7, 11) is 0. The molecule has 0 spiro atoms. The fourth-order valence-corrected chi connectivity index (χ4v) is 2.29. The molecule has 24 heavy (non-hydrogen) atoms. The molecule has 0 saturated carbocycles. The summed E-state index contributed by atoms with van der Waals surface area (Å²) in [6, 6.07) is 12.2. The standard InChI is InChI=1S/C16H11F3N2O3/c17-16(18,19)24-12-7-5-11(6-8-12)21-14-4-2-1-3-10(14)9-13(20-21)15(22)23/h1-9,20H,(H,22,23). The number of alkyl halides is 3. The maximum absolute atomic E-state index is 12.2. The molecule has 0 amide bonds. The molecule has 124 valence electrons. The lowest BCUT2D eigenvalue weighted by molar-refractivity contribution is -0.274. The van der Waals surface area contributed by atoms with Crippen LogP contribution in [0.3, 0.4) is 0 Å². The lowest BCUT2D eigenvalue weighted by Gasteiger charge is -2.31. The SMILES string of the molecule is O=C(O)C1=Cc2ccccc2N(c2ccc(OC(F)(F)F)cc2)N1. The number of carboxylic acids is 1. The Balaban J connectivity index is 1.94. The van der Waals surface area contributed by atoms with Crippen LogP contribution < -0.4 is 15.2 Å². The van der Waals surface area contributed by atoms with Gasteiger partial charge in [0.2, 0.25) is 0 Å². The Hall–Kier alpha value is -3.16. The predicted molar refractivity (Wildman–Crippen MR) is 80.5 cm³/mol. The summed E-state index contributed by atoms with van der Waals surface area (Å²) < 4.78 is 40.5. The van der Waals surface area contributed by atoms with Crippen LogP contribution in [-0.2, 0) is 4.79 Å². The maximum Gasteiger partial charge on any atom is 0.573 e. The van der Waals surface area contributed by atoms with E-state index in [0.29, 0.717) is 16.9 Å². The quantitative estimate of drug-likeness (QED) is 0.896. The van der Waals surface area contributed by atoms with Crippen LogP contribution >= 0.6 is 0 Å². The molecular formula is C16H11F3N2O3. The van der Waals surface area contributed by atoms with Crippen LogP contribution in [0.1, 0.15) is 5.56 Å². The Morgan fingerprint density at radius 1 is 1.08 bits per heavy atom. The van der Waals surface area contributed by atoms with Gasteiger partial charge in [0.15, 0.2) is 0 Å². The second-order valence-corrected chi connectivity index (χ2v) is 4.91. The number of carbonyl (C=O) groups is 1. The van der Waals surface area contributed by atoms with Crippen molar-refractivity contribution in [1.82, 2.24) is 5.43 Å². The van der Waals surface area contributed by atoms with Gasteiger partial charge < -0.3 is 9.84 Å². The predicted octanol–water partition coefficient (Wildman–Crippen LogP) is 3.67. The molecule has 2 aromatic carbocycles. The van der Waals surface area contributed by atoms with E-state index in [9.17, 15) is 23.1 Å². The number of ether oxygens (including phenoxy) is 1. The molecule has 2 aromatic rings. The summed E-state index contributed by atoms with van der Waals surface area (Å²) in [6.07, 6.45) is -3.29. The van der Waals surface area contributed by atoms with Crippen LogP contribution in [-0.4, -0.2) is 17.4 Å². The first-order valence-electron chi connectivity index (χ1n) is 6.80. The highest BCUT2D eigenvalue weighted by Crippen LogP contribution is 2.33. The number of rotatable bonds is 3. The van der Waals surface area contributed by atoms with Gasteiger partial charge in [-0.2, -0.15) is 0 Å². The maximum atomic E-state index is 12.2. The third-order valence-corrected chi connectivity index (χ3v) is 3.27. The van der Waals surface area contributed by atoms with E-state index in [1.807, 2.05) is 0 Å². The van der Waals surface area contributed by atoms with Gasteiger partial charge in [-0.1, -0.05) is 18.2 Å². The third kappa shape index (κ3) is 3.27. The summed E-state index contributed by atoms with van der Waals surface area (Å²) in [6.45, 7) is 0. The zero-order chi connectivity index (χ0) is 17.3. The van der Waals surface area contributed by atoms with E-state index in [1.165, 1.54) is 23.2 Å². The Morgan fingerprint density at radius 2 is 1.75 bits per heavy atom. The van der Waals surface area contributed by atoms with Crippen molar-refractivity contribution in [2.45, 2.75) is 6.36 Å². The number of anilines is 2. The number of fused-ring (bicyclic) bond motifs is 1. The monoisotopic (exact) mass is 336 g/mol. The van der Waals surface area contributed by atoms with Gasteiger partial charge in [0.05, 0.1) is 11.4 Å². The van der Waals surface area contributed by atoms with Crippen molar-refractivity contribution in [2.75, 3.05) is 5.01 Å². The van der Waals surface area contributed by atoms with Crippen LogP contribution in [0.2, 0.25) is 0 Å². The molecule has 5 nitrogen and oxygen atoms in total. The minimum atomic E-state index is -4.77. The second-order valence-electron chi connectivity index (χ2n) is 4.91. The van der Waals surface area contributed by atoms with Crippen molar-refractivity contribution in [1.29, 1.82) is 0 Å². The first kappa shape index (κ1) is 15.7. The summed E-state index contributed by atoms with van der Waals surface area (Å²) in [5, 5.41) is 10.7. The average molecular weight is 336 g/mol. The number of benzene rings is 2. The molecule has 1 aliphatic rings. The second kappa shape index (κ2) is 5.80. The van der Waals surface area contributed by atoms with Gasteiger partial charge in [-0.15, -0.1) is 13.2 Å². The Kier molecular flexibility index (Phi) is 3.80. The molecule has 0 aromatic heterocycles. The lowest BCUT2D eigenvalue weighted by atomic mass is 10.1. The van der Waals surface area contributed by atoms with Gasteiger partial charge in [-0.05, 0) is 36.4 Å². The summed E-state index contributed by atoms with van der Waals surface area (Å²) in [5.74, 6) is -1.50. The van der Waals surface area contributed by atoms with Gasteiger partial charge in [0.25, 0.3) is 0 Å². The van der Waals surface area contributed by atoms with Crippen LogP contribution in [0.4, 0.5) is 24.5 Å². The summed E-state index contributed by atoms with van der Waals surface area (Å²) >= 11 is 0. The van der Waals surface area contributed by atoms with Crippen molar-refractivity contribution < 1.29 is 27.8 Å². The zero-order valence-electron chi connectivity index (χ0n) is 12.0. The largest absolute Gasteiger partial charge is 0.573 e. The molecule has 0 bridgehead atoms. The number of nitrogens with one attached hydrogen (secondary N) is 1. The fraction of sp³-hybridized carbons (Fsp3) is 0.0625. The first-order valence-corrected chi connectivity index (χ1v) is 6.80. The number of hydrogen-bond acceptors (Lipinski definition) is 4. The van der Waals surface area contributed by atoms with Gasteiger partial charge >= 0.3 is 12.3 Å². The number of hydrazine groups is 1. The van der Waals surface area contributed by atoms with E-state index in [2.05, 4.69) is 10.2 Å². The molecule has 0 unspecified atom stereocenters. The van der Waals surface area contributed by atoms with E-state index in [4.69, 9.17) is 0 Å². The molecule has 8 heteroatoms. The van der Waals surface area contributed by atoms with Crippen molar-refractivity contribution in [2.24, 2.45) is 0 Å². The lowest BCUT2D eigenvalue weighted by Crippen LogP contribution is -2.38. The number of hydrogen-bond donors (Lipinski definition) is 2. The van der Waals surface area contributed by atoms with E-state index < -0.39 is 12.3 Å². The van der Waals surface area contributed by atoms with Crippen LogP contribution in [0.5, 0.6) is 5.75 Å². The number of aliphatic carboxylic acids is 1. The van der Waals surface area contributed by atoms with Crippen molar-refractivity contribution >= 4 is 23.4 Å². The van der Waals surface area contributed by atoms with Crippen molar-refractivity contribution in [3.05, 3.63) is 59.8 Å². The van der Waals surface area contributed by atoms with Gasteiger partial charge in [-0.3, -0.25) is 10.4 Å². The molecule has 0 radical (unpaired) electrons. The van der Waals surface area contributed by atoms with Crippen LogP contribution in [0.25, 0.3) is 6.08 Å². The van der Waals surface area contributed by atoms with E-state index in [1.54, 1.807) is 24.3 Å². The number of carboxylic acid groups (broad SMARTS) is 1. The topological polar surface area (TPSA) is 61.8 Å². The molecule has 0 fully saturated rings. The first-order chi connectivity index (χ1) is 11.3. The van der Waals surface area contributed by atoms with Gasteiger partial charge in [0, 0.05) is 5.56 Å². The normalized spacial score (nSPS) is 13.6. The fourth-order valence-electron chi connectivity index (χ4n) is 2.29. The zero-order valence-corrected chi connectivity index (χ0v) is 12.0.